The summed E-state index contributed by atoms with van der Waals surface area (Å²) < 4.78 is 47.8. The third-order valence-electron chi connectivity index (χ3n) is 2.18. The first-order chi connectivity index (χ1) is 6.38. The van der Waals surface area contributed by atoms with Crippen LogP contribution >= 0.6 is 0 Å². The second kappa shape index (κ2) is 3.73. The Morgan fingerprint density at radius 3 is 2.36 bits per heavy atom. The van der Waals surface area contributed by atoms with E-state index in [-0.39, 0.29) is 16.1 Å². The number of hydrogen-bond acceptors (Lipinski definition) is 1. The molecule has 0 saturated heterocycles. The van der Waals surface area contributed by atoms with Crippen LogP contribution in [0.15, 0.2) is 23.3 Å². The van der Waals surface area contributed by atoms with E-state index in [4.69, 9.17) is 0 Å². The zero-order valence-corrected chi connectivity index (χ0v) is 8.50. The highest BCUT2D eigenvalue weighted by molar-refractivity contribution is 7.67. The second-order valence-electron chi connectivity index (χ2n) is 3.14. The van der Waals surface area contributed by atoms with Gasteiger partial charge >= 0.3 is 6.18 Å². The van der Waals surface area contributed by atoms with Crippen molar-refractivity contribution in [2.45, 2.75) is 20.0 Å². The van der Waals surface area contributed by atoms with Gasteiger partial charge in [-0.25, -0.2) is 4.21 Å². The van der Waals surface area contributed by atoms with Crippen LogP contribution in [0.25, 0.3) is 0 Å². The fraction of sp³-hybridized carbons (Fsp3) is 0.444. The molecule has 0 fully saturated rings. The van der Waals surface area contributed by atoms with Crippen molar-refractivity contribution in [2.24, 2.45) is 5.92 Å². The summed E-state index contributed by atoms with van der Waals surface area (Å²) in [7, 11) is 0. The fourth-order valence-electron chi connectivity index (χ4n) is 1.40. The largest absolute Gasteiger partial charge is 0.413 e. The summed E-state index contributed by atoms with van der Waals surface area (Å²) in [6, 6.07) is 0. The van der Waals surface area contributed by atoms with Gasteiger partial charge in [-0.2, -0.15) is 13.2 Å². The van der Waals surface area contributed by atoms with Crippen molar-refractivity contribution < 1.29 is 17.4 Å². The smallest absolute Gasteiger partial charge is 0.212 e. The molecular weight excluding hydrogens is 213 g/mol. The van der Waals surface area contributed by atoms with Crippen molar-refractivity contribution in [3.05, 3.63) is 23.3 Å². The van der Waals surface area contributed by atoms with Crippen LogP contribution in [0.2, 0.25) is 0 Å². The van der Waals surface area contributed by atoms with Crippen LogP contribution in [0, 0.1) is 5.92 Å². The van der Waals surface area contributed by atoms with Gasteiger partial charge in [0, 0.05) is 11.5 Å². The van der Waals surface area contributed by atoms with Crippen molar-refractivity contribution in [2.75, 3.05) is 0 Å². The summed E-state index contributed by atoms with van der Waals surface area (Å²) in [5, 5.41) is 0. The van der Waals surface area contributed by atoms with Gasteiger partial charge in [0.2, 0.25) is 0 Å². The lowest BCUT2D eigenvalue weighted by molar-refractivity contribution is -0.0959. The Hall–Kier alpha value is -0.840. The minimum Gasteiger partial charge on any atom is -0.212 e. The van der Waals surface area contributed by atoms with Crippen LogP contribution in [0.5, 0.6) is 0 Å². The van der Waals surface area contributed by atoms with E-state index in [1.54, 1.807) is 6.92 Å². The molecule has 0 bridgehead atoms. The van der Waals surface area contributed by atoms with Crippen molar-refractivity contribution in [3.8, 4) is 0 Å². The number of allylic oxidation sites excluding steroid dienone is 4. The third-order valence-corrected chi connectivity index (χ3v) is 3.03. The van der Waals surface area contributed by atoms with Gasteiger partial charge in [-0.3, -0.25) is 0 Å². The maximum atomic E-state index is 12.4. The van der Waals surface area contributed by atoms with Gasteiger partial charge in [0.15, 0.2) is 0 Å². The number of hydrogen-bond donors (Lipinski definition) is 0. The molecule has 0 N–H and O–H groups in total. The summed E-state index contributed by atoms with van der Waals surface area (Å²) >= 11 is 0.139. The Morgan fingerprint density at radius 1 is 1.36 bits per heavy atom. The summed E-state index contributed by atoms with van der Waals surface area (Å²) in [6.45, 7) is 3.04. The molecule has 5 heteroatoms. The molecule has 1 atom stereocenters. The molecule has 0 aliphatic heterocycles. The van der Waals surface area contributed by atoms with Crippen LogP contribution in [-0.4, -0.2) is 15.2 Å². The Morgan fingerprint density at radius 2 is 1.93 bits per heavy atom. The minimum atomic E-state index is -4.35. The van der Waals surface area contributed by atoms with E-state index in [0.717, 1.165) is 6.08 Å². The molecule has 1 aliphatic rings. The van der Waals surface area contributed by atoms with Gasteiger partial charge < -0.3 is 0 Å². The fourth-order valence-corrected chi connectivity index (χ4v) is 1.87. The van der Waals surface area contributed by atoms with Crippen LogP contribution in [-0.2, 0) is 11.3 Å². The lowest BCUT2D eigenvalue weighted by Gasteiger charge is -2.22. The first kappa shape index (κ1) is 11.2. The third kappa shape index (κ3) is 1.97. The van der Waals surface area contributed by atoms with E-state index >= 15 is 0 Å². The summed E-state index contributed by atoms with van der Waals surface area (Å²) in [4.78, 5) is 0.250. The average Bonchev–Trinajstić information content (AvgIpc) is 2.02. The molecule has 1 rings (SSSR count). The maximum absolute atomic E-state index is 12.4. The number of halogens is 3. The van der Waals surface area contributed by atoms with Gasteiger partial charge in [0.05, 0.1) is 16.1 Å². The van der Waals surface area contributed by atoms with Crippen LogP contribution in [0.4, 0.5) is 13.2 Å². The van der Waals surface area contributed by atoms with Crippen LogP contribution in [0.3, 0.4) is 0 Å². The highest BCUT2D eigenvalue weighted by atomic mass is 32.1. The molecule has 1 unspecified atom stereocenters. The second-order valence-corrected chi connectivity index (χ2v) is 3.75. The Labute approximate surface area is 83.4 Å². The average molecular weight is 222 g/mol. The molecule has 0 saturated carbocycles. The minimum absolute atomic E-state index is 0.139. The standard InChI is InChI=1S/C9H9F3OS/c1-5-3-4-7(9(10,11)12)6(2)8(5)14-13/h3-4,6H,1-2H3. The summed E-state index contributed by atoms with van der Waals surface area (Å²) in [5.41, 5.74) is -0.0352. The Balaban J connectivity index is 3.20. The maximum Gasteiger partial charge on any atom is 0.413 e. The molecule has 0 aromatic carbocycles. The van der Waals surface area contributed by atoms with Gasteiger partial charge in [-0.1, -0.05) is 19.1 Å². The number of alkyl halides is 3. The predicted molar refractivity (Wildman–Crippen MR) is 50.2 cm³/mol. The quantitative estimate of drug-likeness (QED) is 0.575. The van der Waals surface area contributed by atoms with Crippen molar-refractivity contribution in [1.29, 1.82) is 0 Å². The first-order valence-electron chi connectivity index (χ1n) is 4.00. The molecule has 1 aliphatic carbocycles. The van der Waals surface area contributed by atoms with Gasteiger partial charge in [0.25, 0.3) is 0 Å². The SMILES string of the molecule is CC1=CC=C(C(F)(F)F)C(C)C1=S=O. The van der Waals surface area contributed by atoms with Crippen LogP contribution < -0.4 is 0 Å². The van der Waals surface area contributed by atoms with E-state index in [9.17, 15) is 17.4 Å². The molecular formula is C9H9F3OS. The van der Waals surface area contributed by atoms with Gasteiger partial charge in [0.1, 0.15) is 0 Å². The lowest BCUT2D eigenvalue weighted by Crippen LogP contribution is -2.27. The van der Waals surface area contributed by atoms with E-state index in [0.29, 0.717) is 5.57 Å². The summed E-state index contributed by atoms with van der Waals surface area (Å²) in [6.07, 6.45) is -1.97. The monoisotopic (exact) mass is 222 g/mol. The highest BCUT2D eigenvalue weighted by Crippen LogP contribution is 2.35. The molecule has 0 spiro atoms. The summed E-state index contributed by atoms with van der Waals surface area (Å²) in [5.74, 6) is -0.845. The highest BCUT2D eigenvalue weighted by Gasteiger charge is 2.39. The molecule has 0 aromatic rings. The van der Waals surface area contributed by atoms with Crippen LogP contribution in [0.1, 0.15) is 13.8 Å². The number of rotatable bonds is 0. The molecule has 0 aromatic heterocycles. The molecule has 0 heterocycles. The molecule has 1 nitrogen and oxygen atoms in total. The first-order valence-corrected chi connectivity index (χ1v) is 4.74. The molecule has 14 heavy (non-hydrogen) atoms. The Bertz CT molecular complexity index is 359. The Kier molecular flexibility index (Phi) is 2.99. The van der Waals surface area contributed by atoms with Crippen molar-refractivity contribution in [3.63, 3.8) is 0 Å². The predicted octanol–water partition coefficient (Wildman–Crippen LogP) is 2.46. The van der Waals surface area contributed by atoms with E-state index in [1.807, 2.05) is 0 Å². The normalized spacial score (nSPS) is 22.9. The molecule has 78 valence electrons. The molecule has 0 radical (unpaired) electrons. The topological polar surface area (TPSA) is 17.1 Å². The van der Waals surface area contributed by atoms with E-state index < -0.39 is 17.7 Å². The lowest BCUT2D eigenvalue weighted by atomic mass is 9.88. The van der Waals surface area contributed by atoms with E-state index in [1.165, 1.54) is 13.0 Å². The zero-order chi connectivity index (χ0) is 10.9. The molecule has 0 amide bonds. The zero-order valence-electron chi connectivity index (χ0n) is 7.68. The van der Waals surface area contributed by atoms with Crippen molar-refractivity contribution >= 4 is 16.1 Å². The van der Waals surface area contributed by atoms with Crippen molar-refractivity contribution in [1.82, 2.24) is 0 Å². The van der Waals surface area contributed by atoms with E-state index in [2.05, 4.69) is 0 Å². The van der Waals surface area contributed by atoms with Gasteiger partial charge in [-0.05, 0) is 12.5 Å². The van der Waals surface area contributed by atoms with Gasteiger partial charge in [-0.15, -0.1) is 0 Å².